The second-order valence-electron chi connectivity index (χ2n) is 5.49. The molecule has 0 amide bonds. The summed E-state index contributed by atoms with van der Waals surface area (Å²) in [6, 6.07) is 5.70. The second-order valence-corrected chi connectivity index (χ2v) is 5.49. The van der Waals surface area contributed by atoms with E-state index >= 15 is 0 Å². The van der Waals surface area contributed by atoms with Crippen LogP contribution in [0.4, 0.5) is 5.82 Å². The zero-order valence-corrected chi connectivity index (χ0v) is 11.8. The van der Waals surface area contributed by atoms with Crippen LogP contribution >= 0.6 is 0 Å². The van der Waals surface area contributed by atoms with Gasteiger partial charge in [0.2, 0.25) is 0 Å². The van der Waals surface area contributed by atoms with Gasteiger partial charge < -0.3 is 15.5 Å². The van der Waals surface area contributed by atoms with E-state index in [-0.39, 0.29) is 5.84 Å². The fourth-order valence-electron chi connectivity index (χ4n) is 2.61. The van der Waals surface area contributed by atoms with Gasteiger partial charge in [0, 0.05) is 19.6 Å². The Bertz CT molecular complexity index is 435. The smallest absolute Gasteiger partial charge is 0.141 e. The van der Waals surface area contributed by atoms with Crippen LogP contribution in [0.2, 0.25) is 0 Å². The van der Waals surface area contributed by atoms with Gasteiger partial charge in [-0.05, 0) is 45.0 Å². The predicted octanol–water partition coefficient (Wildman–Crippen LogP) is 1.14. The third-order valence-corrected chi connectivity index (χ3v) is 3.57. The van der Waals surface area contributed by atoms with Gasteiger partial charge in [0.1, 0.15) is 17.3 Å². The fourth-order valence-corrected chi connectivity index (χ4v) is 2.61. The Labute approximate surface area is 114 Å². The number of piperidine rings is 1. The molecule has 1 aliphatic rings. The number of nitrogens with one attached hydrogen (secondary N) is 1. The number of hydrogen-bond donors (Lipinski definition) is 2. The molecule has 1 aromatic heterocycles. The van der Waals surface area contributed by atoms with E-state index in [1.54, 1.807) is 6.07 Å². The number of hydrogen-bond acceptors (Lipinski definition) is 4. The minimum Gasteiger partial charge on any atom is -0.382 e. The Morgan fingerprint density at radius 1 is 1.42 bits per heavy atom. The van der Waals surface area contributed by atoms with Crippen molar-refractivity contribution in [1.82, 2.24) is 9.88 Å². The molecule has 3 N–H and O–H groups in total. The minimum absolute atomic E-state index is 0.0318. The number of pyridine rings is 1. The van der Waals surface area contributed by atoms with Gasteiger partial charge in [-0.3, -0.25) is 5.41 Å². The minimum atomic E-state index is 0.0318. The molecule has 0 radical (unpaired) electrons. The molecular weight excluding hydrogens is 238 g/mol. The number of amidine groups is 1. The number of aromatic nitrogens is 1. The first-order valence-electron chi connectivity index (χ1n) is 6.77. The summed E-state index contributed by atoms with van der Waals surface area (Å²) in [5.41, 5.74) is 6.05. The van der Waals surface area contributed by atoms with Crippen LogP contribution in [0.25, 0.3) is 0 Å². The highest BCUT2D eigenvalue weighted by Crippen LogP contribution is 2.22. The van der Waals surface area contributed by atoms with Gasteiger partial charge in [-0.25, -0.2) is 4.98 Å². The highest BCUT2D eigenvalue weighted by atomic mass is 15.2. The molecule has 1 saturated heterocycles. The molecule has 1 aliphatic heterocycles. The lowest BCUT2D eigenvalue weighted by Gasteiger charge is -2.34. The third-order valence-electron chi connectivity index (χ3n) is 3.57. The van der Waals surface area contributed by atoms with Crippen molar-refractivity contribution in [3.63, 3.8) is 0 Å². The van der Waals surface area contributed by atoms with Crippen molar-refractivity contribution < 1.29 is 0 Å². The van der Waals surface area contributed by atoms with Crippen molar-refractivity contribution in [3.05, 3.63) is 23.9 Å². The maximum Gasteiger partial charge on any atom is 0.141 e. The molecule has 0 unspecified atom stereocenters. The molecular formula is C14H23N5. The monoisotopic (exact) mass is 261 g/mol. The summed E-state index contributed by atoms with van der Waals surface area (Å²) in [7, 11) is 4.26. The molecule has 0 atom stereocenters. The lowest BCUT2D eigenvalue weighted by Crippen LogP contribution is -2.37. The Hall–Kier alpha value is -1.62. The second kappa shape index (κ2) is 6.02. The quantitative estimate of drug-likeness (QED) is 0.630. The van der Waals surface area contributed by atoms with Crippen LogP contribution in [-0.2, 0) is 0 Å². The topological polar surface area (TPSA) is 69.2 Å². The molecule has 1 aromatic rings. The lowest BCUT2D eigenvalue weighted by molar-refractivity contribution is 0.284. The summed E-state index contributed by atoms with van der Waals surface area (Å²) in [4.78, 5) is 9.00. The molecule has 0 bridgehead atoms. The van der Waals surface area contributed by atoms with E-state index in [0.717, 1.165) is 31.4 Å². The first kappa shape index (κ1) is 13.8. The van der Waals surface area contributed by atoms with Crippen LogP contribution in [0.5, 0.6) is 0 Å². The third kappa shape index (κ3) is 3.67. The summed E-state index contributed by atoms with van der Waals surface area (Å²) in [5.74, 6) is 1.75. The molecule has 0 saturated carbocycles. The Kier molecular flexibility index (Phi) is 4.37. The van der Waals surface area contributed by atoms with Crippen molar-refractivity contribution in [2.45, 2.75) is 12.8 Å². The van der Waals surface area contributed by atoms with E-state index < -0.39 is 0 Å². The molecule has 1 fully saturated rings. The zero-order valence-electron chi connectivity index (χ0n) is 11.8. The van der Waals surface area contributed by atoms with E-state index in [4.69, 9.17) is 11.1 Å². The number of nitrogen functional groups attached to an aromatic ring is 1. The van der Waals surface area contributed by atoms with Gasteiger partial charge >= 0.3 is 0 Å². The Balaban J connectivity index is 1.97. The molecule has 5 nitrogen and oxygen atoms in total. The van der Waals surface area contributed by atoms with Crippen molar-refractivity contribution >= 4 is 11.7 Å². The summed E-state index contributed by atoms with van der Waals surface area (Å²) in [6.45, 7) is 3.23. The average molecular weight is 261 g/mol. The van der Waals surface area contributed by atoms with Crippen molar-refractivity contribution in [3.8, 4) is 0 Å². The maximum absolute atomic E-state index is 7.45. The van der Waals surface area contributed by atoms with Crippen molar-refractivity contribution in [2.75, 3.05) is 38.6 Å². The van der Waals surface area contributed by atoms with Crippen LogP contribution < -0.4 is 10.6 Å². The summed E-state index contributed by atoms with van der Waals surface area (Å²) >= 11 is 0. The van der Waals surface area contributed by atoms with Gasteiger partial charge in [0.25, 0.3) is 0 Å². The van der Waals surface area contributed by atoms with Crippen LogP contribution in [0.1, 0.15) is 18.5 Å². The van der Waals surface area contributed by atoms with Crippen LogP contribution in [-0.4, -0.2) is 49.4 Å². The zero-order chi connectivity index (χ0) is 13.8. The van der Waals surface area contributed by atoms with E-state index in [0.29, 0.717) is 5.69 Å². The summed E-state index contributed by atoms with van der Waals surface area (Å²) in [6.07, 6.45) is 2.40. The number of nitrogens with two attached hydrogens (primary N) is 1. The fraction of sp³-hybridized carbons (Fsp3) is 0.571. The molecule has 0 spiro atoms. The molecule has 0 aromatic carbocycles. The summed E-state index contributed by atoms with van der Waals surface area (Å²) < 4.78 is 0. The number of anilines is 1. The number of rotatable bonds is 4. The first-order chi connectivity index (χ1) is 9.06. The highest BCUT2D eigenvalue weighted by Gasteiger charge is 2.20. The van der Waals surface area contributed by atoms with E-state index in [9.17, 15) is 0 Å². The lowest BCUT2D eigenvalue weighted by atomic mass is 9.96. The van der Waals surface area contributed by atoms with Crippen LogP contribution in [0, 0.1) is 11.3 Å². The van der Waals surface area contributed by atoms with Crippen molar-refractivity contribution in [1.29, 1.82) is 5.41 Å². The molecule has 2 heterocycles. The SMILES string of the molecule is CN(C)CC1CCN(c2cccc(C(=N)N)n2)CC1. The van der Waals surface area contributed by atoms with E-state index in [1.807, 2.05) is 12.1 Å². The van der Waals surface area contributed by atoms with Crippen molar-refractivity contribution in [2.24, 2.45) is 11.7 Å². The van der Waals surface area contributed by atoms with Gasteiger partial charge in [-0.2, -0.15) is 0 Å². The molecule has 0 aliphatic carbocycles. The van der Waals surface area contributed by atoms with Crippen LogP contribution in [0.15, 0.2) is 18.2 Å². The van der Waals surface area contributed by atoms with Gasteiger partial charge in [-0.15, -0.1) is 0 Å². The molecule has 19 heavy (non-hydrogen) atoms. The van der Waals surface area contributed by atoms with Crippen LogP contribution in [0.3, 0.4) is 0 Å². The first-order valence-corrected chi connectivity index (χ1v) is 6.77. The Morgan fingerprint density at radius 3 is 2.68 bits per heavy atom. The Morgan fingerprint density at radius 2 is 2.11 bits per heavy atom. The predicted molar refractivity (Wildman–Crippen MR) is 78.7 cm³/mol. The normalized spacial score (nSPS) is 16.9. The van der Waals surface area contributed by atoms with E-state index in [2.05, 4.69) is 28.9 Å². The molecule has 104 valence electrons. The molecule has 2 rings (SSSR count). The standard InChI is InChI=1S/C14H23N5/c1-18(2)10-11-6-8-19(9-7-11)13-5-3-4-12(17-13)14(15)16/h3-5,11H,6-10H2,1-2H3,(H3,15,16). The van der Waals surface area contributed by atoms with Gasteiger partial charge in [0.15, 0.2) is 0 Å². The number of nitrogens with zero attached hydrogens (tertiary/aromatic N) is 3. The average Bonchev–Trinajstić information content (AvgIpc) is 2.39. The maximum atomic E-state index is 7.45. The van der Waals surface area contributed by atoms with Gasteiger partial charge in [0.05, 0.1) is 0 Å². The van der Waals surface area contributed by atoms with Gasteiger partial charge in [-0.1, -0.05) is 6.07 Å². The largest absolute Gasteiger partial charge is 0.382 e. The molecule has 5 heteroatoms. The summed E-state index contributed by atoms with van der Waals surface area (Å²) in [5, 5.41) is 7.45. The van der Waals surface area contributed by atoms with E-state index in [1.165, 1.54) is 12.8 Å². The highest BCUT2D eigenvalue weighted by molar-refractivity contribution is 5.93.